The molecular weight excluding hydrogens is 268 g/mol. The normalized spacial score (nSPS) is 20.3. The highest BCUT2D eigenvalue weighted by atomic mass is 16.4. The second kappa shape index (κ2) is 6.43. The molecule has 0 bridgehead atoms. The first-order valence-electron chi connectivity index (χ1n) is 6.99. The van der Waals surface area contributed by atoms with Crippen molar-refractivity contribution >= 4 is 23.8 Å². The minimum Gasteiger partial charge on any atom is -0.478 e. The minimum absolute atomic E-state index is 0.122. The van der Waals surface area contributed by atoms with Crippen molar-refractivity contribution in [3.05, 3.63) is 35.9 Å². The SMILES string of the molecule is CC1CC1CN(C)C(=O)Nc1ccc(C=CC(=O)O)cc1. The van der Waals surface area contributed by atoms with Gasteiger partial charge in [0.15, 0.2) is 0 Å². The lowest BCUT2D eigenvalue weighted by Gasteiger charge is -2.17. The summed E-state index contributed by atoms with van der Waals surface area (Å²) >= 11 is 0. The van der Waals surface area contributed by atoms with Crippen molar-refractivity contribution in [1.29, 1.82) is 0 Å². The Hall–Kier alpha value is -2.30. The molecule has 0 saturated heterocycles. The van der Waals surface area contributed by atoms with Crippen LogP contribution in [0.4, 0.5) is 10.5 Å². The Labute approximate surface area is 124 Å². The lowest BCUT2D eigenvalue weighted by atomic mass is 10.2. The number of urea groups is 1. The number of carboxylic acids is 1. The Bertz CT molecular complexity index is 551. The first kappa shape index (κ1) is 15.1. The van der Waals surface area contributed by atoms with Gasteiger partial charge in [-0.15, -0.1) is 0 Å². The third-order valence-electron chi connectivity index (χ3n) is 3.71. The molecule has 21 heavy (non-hydrogen) atoms. The number of nitrogens with one attached hydrogen (secondary N) is 1. The van der Waals surface area contributed by atoms with Crippen LogP contribution in [0.5, 0.6) is 0 Å². The minimum atomic E-state index is -0.983. The van der Waals surface area contributed by atoms with Gasteiger partial charge in [-0.2, -0.15) is 0 Å². The highest BCUT2D eigenvalue weighted by Crippen LogP contribution is 2.37. The number of rotatable bonds is 5. The molecule has 0 radical (unpaired) electrons. The van der Waals surface area contributed by atoms with Crippen LogP contribution in [0.2, 0.25) is 0 Å². The predicted octanol–water partition coefficient (Wildman–Crippen LogP) is 2.90. The Balaban J connectivity index is 1.87. The first-order chi connectivity index (χ1) is 9.95. The van der Waals surface area contributed by atoms with Crippen molar-refractivity contribution in [1.82, 2.24) is 4.90 Å². The molecule has 0 heterocycles. The summed E-state index contributed by atoms with van der Waals surface area (Å²) in [6, 6.07) is 6.92. The van der Waals surface area contributed by atoms with E-state index < -0.39 is 5.97 Å². The van der Waals surface area contributed by atoms with Crippen LogP contribution >= 0.6 is 0 Å². The summed E-state index contributed by atoms with van der Waals surface area (Å²) in [5, 5.41) is 11.4. The van der Waals surface area contributed by atoms with Crippen molar-refractivity contribution in [2.24, 2.45) is 11.8 Å². The number of carbonyl (C=O) groups excluding carboxylic acids is 1. The molecule has 0 aliphatic heterocycles. The molecule has 1 fully saturated rings. The molecule has 1 aromatic carbocycles. The number of hydrogen-bond acceptors (Lipinski definition) is 2. The lowest BCUT2D eigenvalue weighted by molar-refractivity contribution is -0.131. The summed E-state index contributed by atoms with van der Waals surface area (Å²) in [4.78, 5) is 24.1. The molecule has 0 aromatic heterocycles. The van der Waals surface area contributed by atoms with Crippen molar-refractivity contribution in [3.63, 3.8) is 0 Å². The van der Waals surface area contributed by atoms with Crippen LogP contribution in [0.1, 0.15) is 18.9 Å². The zero-order valence-electron chi connectivity index (χ0n) is 12.2. The lowest BCUT2D eigenvalue weighted by Crippen LogP contribution is -2.33. The van der Waals surface area contributed by atoms with E-state index in [0.717, 1.165) is 24.1 Å². The van der Waals surface area contributed by atoms with Gasteiger partial charge in [0.05, 0.1) is 0 Å². The molecule has 2 unspecified atom stereocenters. The van der Waals surface area contributed by atoms with Crippen molar-refractivity contribution in [3.8, 4) is 0 Å². The van der Waals surface area contributed by atoms with Gasteiger partial charge >= 0.3 is 12.0 Å². The fourth-order valence-electron chi connectivity index (χ4n) is 2.15. The molecule has 112 valence electrons. The highest BCUT2D eigenvalue weighted by Gasteiger charge is 2.34. The van der Waals surface area contributed by atoms with E-state index in [2.05, 4.69) is 12.2 Å². The molecule has 1 aliphatic carbocycles. The molecule has 5 heteroatoms. The summed E-state index contributed by atoms with van der Waals surface area (Å²) in [7, 11) is 1.80. The van der Waals surface area contributed by atoms with Gasteiger partial charge in [-0.3, -0.25) is 0 Å². The van der Waals surface area contributed by atoms with Gasteiger partial charge in [0, 0.05) is 25.4 Å². The van der Waals surface area contributed by atoms with E-state index in [9.17, 15) is 9.59 Å². The zero-order chi connectivity index (χ0) is 15.4. The molecule has 0 spiro atoms. The topological polar surface area (TPSA) is 69.6 Å². The number of anilines is 1. The number of aliphatic carboxylic acids is 1. The van der Waals surface area contributed by atoms with Crippen LogP contribution in [0, 0.1) is 11.8 Å². The summed E-state index contributed by atoms with van der Waals surface area (Å²) < 4.78 is 0. The molecule has 1 aliphatic rings. The third kappa shape index (κ3) is 4.63. The van der Waals surface area contributed by atoms with E-state index in [4.69, 9.17) is 5.11 Å². The van der Waals surface area contributed by atoms with Gasteiger partial charge < -0.3 is 15.3 Å². The predicted molar refractivity (Wildman–Crippen MR) is 82.0 cm³/mol. The maximum Gasteiger partial charge on any atom is 0.328 e. The second-order valence-electron chi connectivity index (χ2n) is 5.58. The van der Waals surface area contributed by atoms with Crippen molar-refractivity contribution in [2.45, 2.75) is 13.3 Å². The number of hydrogen-bond donors (Lipinski definition) is 2. The average molecular weight is 288 g/mol. The number of carbonyl (C=O) groups is 2. The maximum absolute atomic E-state index is 12.0. The standard InChI is InChI=1S/C16H20N2O3/c1-11-9-13(11)10-18(2)16(21)17-14-6-3-12(4-7-14)5-8-15(19)20/h3-8,11,13H,9-10H2,1-2H3,(H,17,21)(H,19,20). The van der Waals surface area contributed by atoms with Gasteiger partial charge in [0.25, 0.3) is 0 Å². The molecule has 2 rings (SSSR count). The van der Waals surface area contributed by atoms with E-state index in [1.165, 1.54) is 12.5 Å². The number of amides is 2. The maximum atomic E-state index is 12.0. The van der Waals surface area contributed by atoms with Crippen LogP contribution < -0.4 is 5.32 Å². The van der Waals surface area contributed by atoms with E-state index in [1.54, 1.807) is 36.2 Å². The Kier molecular flexibility index (Phi) is 4.62. The van der Waals surface area contributed by atoms with E-state index in [1.807, 2.05) is 0 Å². The van der Waals surface area contributed by atoms with Crippen molar-refractivity contribution in [2.75, 3.05) is 18.9 Å². The zero-order valence-corrected chi connectivity index (χ0v) is 12.2. The molecule has 2 N–H and O–H groups in total. The number of carboxylic acid groups (broad SMARTS) is 1. The molecule has 2 atom stereocenters. The van der Waals surface area contributed by atoms with Crippen molar-refractivity contribution < 1.29 is 14.7 Å². The summed E-state index contributed by atoms with van der Waals surface area (Å²) in [6.45, 7) is 2.98. The monoisotopic (exact) mass is 288 g/mol. The van der Waals surface area contributed by atoms with E-state index >= 15 is 0 Å². The molecule has 5 nitrogen and oxygen atoms in total. The van der Waals surface area contributed by atoms with Gasteiger partial charge in [0.1, 0.15) is 0 Å². The second-order valence-corrected chi connectivity index (χ2v) is 5.58. The Morgan fingerprint density at radius 3 is 2.52 bits per heavy atom. The summed E-state index contributed by atoms with van der Waals surface area (Å²) in [5.41, 5.74) is 1.47. The van der Waals surface area contributed by atoms with Gasteiger partial charge in [0.2, 0.25) is 0 Å². The average Bonchev–Trinajstić information content (AvgIpc) is 3.13. The molecule has 2 amide bonds. The van der Waals surface area contributed by atoms with Crippen LogP contribution in [-0.4, -0.2) is 35.6 Å². The molecular formula is C16H20N2O3. The smallest absolute Gasteiger partial charge is 0.328 e. The third-order valence-corrected chi connectivity index (χ3v) is 3.71. The van der Waals surface area contributed by atoms with Gasteiger partial charge in [-0.1, -0.05) is 19.1 Å². The van der Waals surface area contributed by atoms with Gasteiger partial charge in [-0.05, 0) is 42.0 Å². The van der Waals surface area contributed by atoms with Crippen LogP contribution in [0.25, 0.3) is 6.08 Å². The summed E-state index contributed by atoms with van der Waals surface area (Å²) in [5.74, 6) is 0.369. The number of nitrogens with zero attached hydrogens (tertiary/aromatic N) is 1. The van der Waals surface area contributed by atoms with Crippen LogP contribution in [0.15, 0.2) is 30.3 Å². The molecule has 1 aromatic rings. The Morgan fingerprint density at radius 1 is 1.38 bits per heavy atom. The quantitative estimate of drug-likeness (QED) is 0.818. The first-order valence-corrected chi connectivity index (χ1v) is 6.99. The summed E-state index contributed by atoms with van der Waals surface area (Å²) in [6.07, 6.45) is 3.79. The Morgan fingerprint density at radius 2 is 2.00 bits per heavy atom. The van der Waals surface area contributed by atoms with Crippen LogP contribution in [0.3, 0.4) is 0 Å². The van der Waals surface area contributed by atoms with Crippen LogP contribution in [-0.2, 0) is 4.79 Å². The van der Waals surface area contributed by atoms with E-state index in [-0.39, 0.29) is 6.03 Å². The largest absolute Gasteiger partial charge is 0.478 e. The fraction of sp³-hybridized carbons (Fsp3) is 0.375. The highest BCUT2D eigenvalue weighted by molar-refractivity contribution is 5.89. The molecule has 1 saturated carbocycles. The van der Waals surface area contributed by atoms with Gasteiger partial charge in [-0.25, -0.2) is 9.59 Å². The fourth-order valence-corrected chi connectivity index (χ4v) is 2.15. The van der Waals surface area contributed by atoms with E-state index in [0.29, 0.717) is 11.6 Å². The number of benzene rings is 1.